The molecule has 1 aliphatic heterocycles. The Kier molecular flexibility index (Phi) is 8.61. The molecule has 0 bridgehead atoms. The highest BCUT2D eigenvalue weighted by atomic mass is 35.5. The van der Waals surface area contributed by atoms with Crippen LogP contribution in [0.1, 0.15) is 29.9 Å². The van der Waals surface area contributed by atoms with Gasteiger partial charge in [0, 0.05) is 0 Å². The molecule has 0 aromatic heterocycles. The van der Waals surface area contributed by atoms with Crippen LogP contribution in [-0.4, -0.2) is 19.6 Å². The normalized spacial score (nSPS) is 15.8. The maximum atomic E-state index is 5.58. The molecule has 3 N–H and O–H groups in total. The van der Waals surface area contributed by atoms with Crippen LogP contribution in [0.25, 0.3) is 0 Å². The number of rotatable bonds is 3. The zero-order valence-electron chi connectivity index (χ0n) is 10.0. The molecule has 1 aromatic carbocycles. The average Bonchev–Trinajstić information content (AvgIpc) is 2.31. The van der Waals surface area contributed by atoms with Crippen LogP contribution in [0.4, 0.5) is 0 Å². The van der Waals surface area contributed by atoms with Crippen LogP contribution in [-0.2, 0) is 6.42 Å². The molecule has 2 rings (SSSR count). The lowest BCUT2D eigenvalue weighted by Gasteiger charge is -2.23. The predicted octanol–water partition coefficient (Wildman–Crippen LogP) is 2.50. The molecule has 1 aliphatic rings. The van der Waals surface area contributed by atoms with Gasteiger partial charge in [-0.1, -0.05) is 24.3 Å². The number of nitrogens with two attached hydrogens (primary N) is 1. The molecule has 0 saturated carbocycles. The van der Waals surface area contributed by atoms with E-state index in [4.69, 9.17) is 5.73 Å². The van der Waals surface area contributed by atoms with E-state index in [1.807, 2.05) is 0 Å². The van der Waals surface area contributed by atoms with Gasteiger partial charge in [0.25, 0.3) is 0 Å². The molecule has 2 nitrogen and oxygen atoms in total. The monoisotopic (exact) mass is 276 g/mol. The maximum Gasteiger partial charge on any atom is -0.00367 e. The fraction of sp³-hybridized carbons (Fsp3) is 0.538. The molecule has 4 heteroatoms. The second kappa shape index (κ2) is 8.76. The second-order valence-corrected chi connectivity index (χ2v) is 4.31. The standard InChI is InChI=1S/C13H20N2.2ClH/c14-7-4-11-2-1-3-13(10-11)12-5-8-15-9-6-12;;/h1-3,10,12,15H,4-9,14H2;2*1H. The number of nitrogens with one attached hydrogen (secondary N) is 1. The van der Waals surface area contributed by atoms with Gasteiger partial charge < -0.3 is 11.1 Å². The number of piperidine rings is 1. The first-order chi connectivity index (χ1) is 7.40. The Balaban J connectivity index is 0.00000128. The Morgan fingerprint density at radius 3 is 2.53 bits per heavy atom. The lowest BCUT2D eigenvalue weighted by molar-refractivity contribution is 0.460. The number of benzene rings is 1. The van der Waals surface area contributed by atoms with Gasteiger partial charge in [-0.2, -0.15) is 0 Å². The van der Waals surface area contributed by atoms with Crippen molar-refractivity contribution in [1.82, 2.24) is 5.32 Å². The molecule has 0 unspecified atom stereocenters. The summed E-state index contributed by atoms with van der Waals surface area (Å²) in [5.74, 6) is 0.754. The van der Waals surface area contributed by atoms with Crippen LogP contribution in [0.2, 0.25) is 0 Å². The van der Waals surface area contributed by atoms with Gasteiger partial charge in [0.15, 0.2) is 0 Å². The lowest BCUT2D eigenvalue weighted by Crippen LogP contribution is -2.26. The number of halogens is 2. The summed E-state index contributed by atoms with van der Waals surface area (Å²) in [6.07, 6.45) is 3.54. The van der Waals surface area contributed by atoms with Gasteiger partial charge in [-0.05, 0) is 55.9 Å². The summed E-state index contributed by atoms with van der Waals surface area (Å²) in [5, 5.41) is 3.40. The molecule has 0 spiro atoms. The molecule has 0 aliphatic carbocycles. The van der Waals surface area contributed by atoms with Gasteiger partial charge in [0.2, 0.25) is 0 Å². The van der Waals surface area contributed by atoms with Crippen molar-refractivity contribution in [3.63, 3.8) is 0 Å². The van der Waals surface area contributed by atoms with Gasteiger partial charge >= 0.3 is 0 Å². The average molecular weight is 277 g/mol. The molecule has 0 atom stereocenters. The Labute approximate surface area is 116 Å². The van der Waals surface area contributed by atoms with E-state index in [1.54, 1.807) is 0 Å². The Bertz CT molecular complexity index is 312. The van der Waals surface area contributed by atoms with Crippen molar-refractivity contribution < 1.29 is 0 Å². The lowest BCUT2D eigenvalue weighted by atomic mass is 9.89. The van der Waals surface area contributed by atoms with Crippen LogP contribution in [0, 0.1) is 0 Å². The van der Waals surface area contributed by atoms with E-state index in [0.717, 1.165) is 32.0 Å². The molecule has 1 heterocycles. The summed E-state index contributed by atoms with van der Waals surface area (Å²) >= 11 is 0. The Hall–Kier alpha value is -0.280. The molecule has 1 saturated heterocycles. The first kappa shape index (κ1) is 16.7. The van der Waals surface area contributed by atoms with Crippen LogP contribution in [0.3, 0.4) is 0 Å². The third kappa shape index (κ3) is 4.84. The zero-order valence-corrected chi connectivity index (χ0v) is 11.7. The number of hydrogen-bond acceptors (Lipinski definition) is 2. The van der Waals surface area contributed by atoms with Crippen molar-refractivity contribution in [2.45, 2.75) is 25.2 Å². The topological polar surface area (TPSA) is 38.0 Å². The highest BCUT2D eigenvalue weighted by Crippen LogP contribution is 2.25. The van der Waals surface area contributed by atoms with Crippen molar-refractivity contribution in [3.05, 3.63) is 35.4 Å². The minimum Gasteiger partial charge on any atom is -0.330 e. The summed E-state index contributed by atoms with van der Waals surface area (Å²) in [4.78, 5) is 0. The van der Waals surface area contributed by atoms with E-state index in [0.29, 0.717) is 0 Å². The zero-order chi connectivity index (χ0) is 10.5. The van der Waals surface area contributed by atoms with Gasteiger partial charge in [0.1, 0.15) is 0 Å². The highest BCUT2D eigenvalue weighted by Gasteiger charge is 2.14. The fourth-order valence-electron chi connectivity index (χ4n) is 2.32. The largest absolute Gasteiger partial charge is 0.330 e. The quantitative estimate of drug-likeness (QED) is 0.891. The summed E-state index contributed by atoms with van der Waals surface area (Å²) in [6.45, 7) is 3.06. The minimum atomic E-state index is 0. The van der Waals surface area contributed by atoms with Gasteiger partial charge in [-0.15, -0.1) is 24.8 Å². The summed E-state index contributed by atoms with van der Waals surface area (Å²) < 4.78 is 0. The molecule has 17 heavy (non-hydrogen) atoms. The molecule has 1 aromatic rings. The molecule has 98 valence electrons. The third-order valence-electron chi connectivity index (χ3n) is 3.19. The molecular weight excluding hydrogens is 255 g/mol. The molecule has 0 radical (unpaired) electrons. The highest BCUT2D eigenvalue weighted by molar-refractivity contribution is 5.85. The third-order valence-corrected chi connectivity index (χ3v) is 3.19. The molecule has 0 amide bonds. The van der Waals surface area contributed by atoms with Crippen LogP contribution in [0.15, 0.2) is 24.3 Å². The Morgan fingerprint density at radius 1 is 1.18 bits per heavy atom. The SMILES string of the molecule is Cl.Cl.NCCc1cccc(C2CCNCC2)c1. The van der Waals surface area contributed by atoms with E-state index in [-0.39, 0.29) is 24.8 Å². The van der Waals surface area contributed by atoms with Crippen molar-refractivity contribution in [2.75, 3.05) is 19.6 Å². The van der Waals surface area contributed by atoms with Gasteiger partial charge in [0.05, 0.1) is 0 Å². The van der Waals surface area contributed by atoms with E-state index in [9.17, 15) is 0 Å². The van der Waals surface area contributed by atoms with E-state index < -0.39 is 0 Å². The van der Waals surface area contributed by atoms with Gasteiger partial charge in [-0.25, -0.2) is 0 Å². The maximum absolute atomic E-state index is 5.58. The number of hydrogen-bond donors (Lipinski definition) is 2. The van der Waals surface area contributed by atoms with Crippen molar-refractivity contribution in [3.8, 4) is 0 Å². The first-order valence-corrected chi connectivity index (χ1v) is 5.90. The van der Waals surface area contributed by atoms with Crippen molar-refractivity contribution >= 4 is 24.8 Å². The first-order valence-electron chi connectivity index (χ1n) is 5.90. The van der Waals surface area contributed by atoms with Crippen LogP contribution in [0.5, 0.6) is 0 Å². The van der Waals surface area contributed by atoms with Crippen molar-refractivity contribution in [2.24, 2.45) is 5.73 Å². The second-order valence-electron chi connectivity index (χ2n) is 4.31. The summed E-state index contributed by atoms with van der Waals surface area (Å²) in [6, 6.07) is 8.94. The minimum absolute atomic E-state index is 0. The van der Waals surface area contributed by atoms with E-state index >= 15 is 0 Å². The Morgan fingerprint density at radius 2 is 1.88 bits per heavy atom. The van der Waals surface area contributed by atoms with Gasteiger partial charge in [-0.3, -0.25) is 0 Å². The molecule has 1 fully saturated rings. The smallest absolute Gasteiger partial charge is 0.00367 e. The predicted molar refractivity (Wildman–Crippen MR) is 78.5 cm³/mol. The fourth-order valence-corrected chi connectivity index (χ4v) is 2.32. The van der Waals surface area contributed by atoms with E-state index in [1.165, 1.54) is 24.0 Å². The molecular formula is C13H22Cl2N2. The van der Waals surface area contributed by atoms with Crippen molar-refractivity contribution in [1.29, 1.82) is 0 Å². The van der Waals surface area contributed by atoms with Crippen LogP contribution >= 0.6 is 24.8 Å². The van der Waals surface area contributed by atoms with Crippen LogP contribution < -0.4 is 11.1 Å². The van der Waals surface area contributed by atoms with E-state index in [2.05, 4.69) is 29.6 Å². The summed E-state index contributed by atoms with van der Waals surface area (Å²) in [5.41, 5.74) is 8.46. The summed E-state index contributed by atoms with van der Waals surface area (Å²) in [7, 11) is 0.